The van der Waals surface area contributed by atoms with Gasteiger partial charge in [-0.05, 0) is 13.8 Å². The van der Waals surface area contributed by atoms with Crippen molar-refractivity contribution in [3.8, 4) is 11.1 Å². The SMILES string of the molecule is Cc1ccc2c(c1)[cH-]c1cc(C)ccc12.[Cl][Zr]([Cl])=[C](c1ccccc1)c1ccccc1.c1ccc(-c2cc3ccccc3[cH-]2)cc1. The Labute approximate surface area is 286 Å². The molecule has 8 aromatic rings. The van der Waals surface area contributed by atoms with Crippen LogP contribution in [0.15, 0.2) is 170 Å². The van der Waals surface area contributed by atoms with Crippen LogP contribution in [0.3, 0.4) is 0 Å². The van der Waals surface area contributed by atoms with E-state index in [0.717, 1.165) is 14.3 Å². The summed E-state index contributed by atoms with van der Waals surface area (Å²) < 4.78 is 1.15. The van der Waals surface area contributed by atoms with Gasteiger partial charge in [-0.3, -0.25) is 0 Å². The molecule has 0 fully saturated rings. The summed E-state index contributed by atoms with van der Waals surface area (Å²) in [6.45, 7) is 4.28. The minimum absolute atomic E-state index is 1.15. The maximum Gasteiger partial charge on any atom is -0.0635 e. The zero-order chi connectivity index (χ0) is 31.9. The van der Waals surface area contributed by atoms with E-state index in [1.54, 1.807) is 0 Å². The molecule has 0 bridgehead atoms. The fourth-order valence-electron chi connectivity index (χ4n) is 5.80. The smallest absolute Gasteiger partial charge is 0.0635 e. The van der Waals surface area contributed by atoms with Gasteiger partial charge in [0.05, 0.1) is 0 Å². The van der Waals surface area contributed by atoms with E-state index in [1.807, 2.05) is 42.5 Å². The Balaban J connectivity index is 0.000000121. The zero-order valence-electron chi connectivity index (χ0n) is 25.9. The molecule has 3 heteroatoms. The number of fused-ring (bicyclic) bond motifs is 4. The molecule has 0 heterocycles. The first-order valence-corrected chi connectivity index (χ1v) is 23.0. The predicted molar refractivity (Wildman–Crippen MR) is 199 cm³/mol. The molecule has 0 aromatic heterocycles. The molecule has 0 spiro atoms. The zero-order valence-corrected chi connectivity index (χ0v) is 29.9. The number of hydrogen-bond donors (Lipinski definition) is 0. The van der Waals surface area contributed by atoms with Crippen LogP contribution in [0.1, 0.15) is 22.3 Å². The molecule has 8 aromatic carbocycles. The Morgan fingerprint density at radius 3 is 1.46 bits per heavy atom. The van der Waals surface area contributed by atoms with Crippen LogP contribution in [0.4, 0.5) is 0 Å². The molecule has 0 nitrogen and oxygen atoms in total. The first-order valence-electron chi connectivity index (χ1n) is 15.4. The molecule has 0 N–H and O–H groups in total. The van der Waals surface area contributed by atoms with Crippen molar-refractivity contribution in [3.05, 3.63) is 192 Å². The van der Waals surface area contributed by atoms with Gasteiger partial charge in [-0.15, -0.1) is 74.3 Å². The van der Waals surface area contributed by atoms with Gasteiger partial charge in [-0.1, -0.05) is 89.5 Å². The number of hydrogen-bond acceptors (Lipinski definition) is 0. The van der Waals surface area contributed by atoms with Gasteiger partial charge in [0.15, 0.2) is 0 Å². The third-order valence-corrected chi connectivity index (χ3v) is 12.6. The molecule has 0 atom stereocenters. The van der Waals surface area contributed by atoms with E-state index in [4.69, 9.17) is 17.0 Å². The minimum Gasteiger partial charge on any atom is -0.145 e. The van der Waals surface area contributed by atoms with Gasteiger partial charge in [-0.2, -0.15) is 0 Å². The standard InChI is InChI=1S/C15H13.C15H11.C13H10.2ClH.Zr/c1-10-3-5-14-12(7-10)9-13-8-11(2)4-6-15(13)14;1-2-6-12(7-3-1)15-10-13-8-4-5-9-14(13)11-15;1-3-7-12(8-4-1)11-13-9-5-2-6-10-13;;;/h3-9H,1-2H3;1-11H;1-10H;2*1H;/q2*-1;;;;+2/p-2. The van der Waals surface area contributed by atoms with Crippen molar-refractivity contribution in [2.24, 2.45) is 0 Å². The summed E-state index contributed by atoms with van der Waals surface area (Å²) in [5.41, 5.74) is 7.54. The van der Waals surface area contributed by atoms with Gasteiger partial charge in [0.25, 0.3) is 0 Å². The molecule has 0 aliphatic rings. The summed E-state index contributed by atoms with van der Waals surface area (Å²) >= 11 is -2.44. The van der Waals surface area contributed by atoms with Crippen molar-refractivity contribution >= 4 is 52.5 Å². The van der Waals surface area contributed by atoms with Crippen molar-refractivity contribution < 1.29 is 18.9 Å². The van der Waals surface area contributed by atoms with Gasteiger partial charge in [0.2, 0.25) is 0 Å². The van der Waals surface area contributed by atoms with Crippen molar-refractivity contribution in [3.63, 3.8) is 0 Å². The van der Waals surface area contributed by atoms with Gasteiger partial charge in [0, 0.05) is 0 Å². The van der Waals surface area contributed by atoms with Crippen LogP contribution in [-0.4, -0.2) is 3.21 Å². The monoisotopic (exact) mass is 710 g/mol. The van der Waals surface area contributed by atoms with E-state index in [9.17, 15) is 0 Å². The quantitative estimate of drug-likeness (QED) is 0.160. The second-order valence-corrected chi connectivity index (χ2v) is 19.6. The number of halogens is 2. The van der Waals surface area contributed by atoms with Crippen LogP contribution in [0.5, 0.6) is 0 Å². The van der Waals surface area contributed by atoms with Crippen molar-refractivity contribution in [2.75, 3.05) is 0 Å². The largest absolute Gasteiger partial charge is 0.145 e. The molecule has 0 aliphatic heterocycles. The Bertz CT molecular complexity index is 2090. The molecule has 0 radical (unpaired) electrons. The normalized spacial score (nSPS) is 10.6. The molecule has 0 unspecified atom stereocenters. The van der Waals surface area contributed by atoms with E-state index < -0.39 is 18.9 Å². The average Bonchev–Trinajstić information content (AvgIpc) is 3.67. The number of rotatable bonds is 3. The second kappa shape index (κ2) is 15.1. The maximum absolute atomic E-state index is 6.24. The van der Waals surface area contributed by atoms with E-state index in [-0.39, 0.29) is 0 Å². The molecule has 0 amide bonds. The second-order valence-electron chi connectivity index (χ2n) is 11.4. The van der Waals surface area contributed by atoms with Crippen molar-refractivity contribution in [2.45, 2.75) is 13.8 Å². The van der Waals surface area contributed by atoms with Crippen molar-refractivity contribution in [1.82, 2.24) is 0 Å². The molecule has 0 saturated carbocycles. The van der Waals surface area contributed by atoms with E-state index in [0.29, 0.717) is 0 Å². The predicted octanol–water partition coefficient (Wildman–Crippen LogP) is 12.7. The Kier molecular flexibility index (Phi) is 10.6. The van der Waals surface area contributed by atoms with Gasteiger partial charge >= 0.3 is 111 Å². The summed E-state index contributed by atoms with van der Waals surface area (Å²) in [5.74, 6) is 0. The summed E-state index contributed by atoms with van der Waals surface area (Å²) in [7, 11) is 12.5. The third-order valence-electron chi connectivity index (χ3n) is 8.05. The van der Waals surface area contributed by atoms with E-state index in [2.05, 4.69) is 141 Å². The van der Waals surface area contributed by atoms with E-state index in [1.165, 1.54) is 54.6 Å². The Morgan fingerprint density at radius 1 is 0.478 bits per heavy atom. The fourth-order valence-corrected chi connectivity index (χ4v) is 10.3. The molecule has 8 rings (SSSR count). The van der Waals surface area contributed by atoms with Crippen LogP contribution in [0, 0.1) is 13.8 Å². The Morgan fingerprint density at radius 2 is 0.957 bits per heavy atom. The molecule has 46 heavy (non-hydrogen) atoms. The number of aryl methyl sites for hydroxylation is 2. The van der Waals surface area contributed by atoms with Gasteiger partial charge in [-0.25, -0.2) is 0 Å². The van der Waals surface area contributed by atoms with Crippen LogP contribution in [0.25, 0.3) is 43.4 Å². The maximum atomic E-state index is 6.24. The summed E-state index contributed by atoms with van der Waals surface area (Å²) in [6.07, 6.45) is 0. The van der Waals surface area contributed by atoms with Crippen LogP contribution < -0.4 is 0 Å². The van der Waals surface area contributed by atoms with E-state index >= 15 is 0 Å². The van der Waals surface area contributed by atoms with Crippen molar-refractivity contribution in [1.29, 1.82) is 0 Å². The summed E-state index contributed by atoms with van der Waals surface area (Å²) in [4.78, 5) is 0. The van der Waals surface area contributed by atoms with Crippen LogP contribution >= 0.6 is 17.0 Å². The summed E-state index contributed by atoms with van der Waals surface area (Å²) in [5, 5.41) is 8.09. The average molecular weight is 713 g/mol. The van der Waals surface area contributed by atoms with Gasteiger partial charge < -0.3 is 0 Å². The van der Waals surface area contributed by atoms with Crippen LogP contribution in [-0.2, 0) is 18.9 Å². The topological polar surface area (TPSA) is 0 Å². The first kappa shape index (κ1) is 32.1. The fraction of sp³-hybridized carbons (Fsp3) is 0.0465. The number of benzene rings is 6. The van der Waals surface area contributed by atoms with Crippen LogP contribution in [0.2, 0.25) is 0 Å². The molecule has 0 aliphatic carbocycles. The molecule has 226 valence electrons. The molecule has 0 saturated heterocycles. The molecular weight excluding hydrogens is 679 g/mol. The first-order chi connectivity index (χ1) is 22.5. The minimum atomic E-state index is -2.44. The molecular formula is C43H34Cl2Zr-2. The third kappa shape index (κ3) is 7.74. The summed E-state index contributed by atoms with van der Waals surface area (Å²) in [6, 6.07) is 59.3. The van der Waals surface area contributed by atoms with Gasteiger partial charge in [0.1, 0.15) is 0 Å². The Hall–Kier alpha value is -3.87.